The molecule has 2 amide bonds. The van der Waals surface area contributed by atoms with E-state index < -0.39 is 11.8 Å². The maximum Gasteiger partial charge on any atom is 0.357 e. The number of aromatic nitrogens is 1. The second-order valence-corrected chi connectivity index (χ2v) is 7.11. The Labute approximate surface area is 156 Å². The lowest BCUT2D eigenvalue weighted by atomic mass is 10.1. The number of nitrogens with zero attached hydrogens (tertiary/aromatic N) is 2. The van der Waals surface area contributed by atoms with Crippen LogP contribution in [0.15, 0.2) is 29.6 Å². The van der Waals surface area contributed by atoms with E-state index in [0.29, 0.717) is 23.2 Å². The number of esters is 1. The van der Waals surface area contributed by atoms with Crippen LogP contribution >= 0.6 is 11.3 Å². The first-order chi connectivity index (χ1) is 12.4. The second-order valence-electron chi connectivity index (χ2n) is 6.16. The smallest absolute Gasteiger partial charge is 0.357 e. The number of nitrogens with one attached hydrogen (secondary N) is 1. The highest BCUT2D eigenvalue weighted by molar-refractivity contribution is 7.09. The maximum atomic E-state index is 13.3. The SMILES string of the molecule is COC(=O)c1csc(CN(CCC(C)C)C(=O)Nc2cccc(F)c2)n1. The lowest BCUT2D eigenvalue weighted by Gasteiger charge is -2.23. The summed E-state index contributed by atoms with van der Waals surface area (Å²) in [5.41, 5.74) is 0.612. The number of halogens is 1. The van der Waals surface area contributed by atoms with Crippen LogP contribution in [0.2, 0.25) is 0 Å². The van der Waals surface area contributed by atoms with Crippen molar-refractivity contribution in [2.24, 2.45) is 5.92 Å². The van der Waals surface area contributed by atoms with Crippen LogP contribution in [-0.4, -0.2) is 35.5 Å². The zero-order valence-corrected chi connectivity index (χ0v) is 15.8. The molecule has 1 aromatic carbocycles. The maximum absolute atomic E-state index is 13.3. The molecule has 26 heavy (non-hydrogen) atoms. The van der Waals surface area contributed by atoms with Gasteiger partial charge < -0.3 is 15.0 Å². The van der Waals surface area contributed by atoms with E-state index in [0.717, 1.165) is 6.42 Å². The van der Waals surface area contributed by atoms with Crippen molar-refractivity contribution in [2.75, 3.05) is 19.0 Å². The molecule has 1 heterocycles. The summed E-state index contributed by atoms with van der Waals surface area (Å²) in [5, 5.41) is 4.93. The molecular formula is C18H22FN3O3S. The molecule has 2 aromatic rings. The van der Waals surface area contributed by atoms with Gasteiger partial charge in [-0.25, -0.2) is 19.0 Å². The minimum Gasteiger partial charge on any atom is -0.464 e. The van der Waals surface area contributed by atoms with Crippen LogP contribution in [0.1, 0.15) is 35.8 Å². The number of ether oxygens (including phenoxy) is 1. The summed E-state index contributed by atoms with van der Waals surface area (Å²) in [6.45, 7) is 4.92. The number of hydrogen-bond acceptors (Lipinski definition) is 5. The first-order valence-corrected chi connectivity index (χ1v) is 9.11. The summed E-state index contributed by atoms with van der Waals surface area (Å²) in [7, 11) is 1.29. The Kier molecular flexibility index (Phi) is 7.08. The van der Waals surface area contributed by atoms with E-state index in [1.807, 2.05) is 0 Å². The monoisotopic (exact) mass is 379 g/mol. The third-order valence-electron chi connectivity index (χ3n) is 3.61. The van der Waals surface area contributed by atoms with E-state index in [1.54, 1.807) is 16.3 Å². The van der Waals surface area contributed by atoms with Gasteiger partial charge in [0, 0.05) is 17.6 Å². The normalized spacial score (nSPS) is 10.7. The number of carbonyl (C=O) groups is 2. The molecule has 0 aliphatic rings. The third kappa shape index (κ3) is 5.80. The van der Waals surface area contributed by atoms with Gasteiger partial charge >= 0.3 is 12.0 Å². The average Bonchev–Trinajstić information content (AvgIpc) is 3.06. The summed E-state index contributed by atoms with van der Waals surface area (Å²) in [6, 6.07) is 5.40. The minimum absolute atomic E-state index is 0.224. The number of benzene rings is 1. The number of carbonyl (C=O) groups excluding carboxylic acids is 2. The summed E-state index contributed by atoms with van der Waals surface area (Å²) < 4.78 is 18.0. The van der Waals surface area contributed by atoms with Crippen LogP contribution < -0.4 is 5.32 Å². The number of thiazole rings is 1. The molecule has 0 atom stereocenters. The molecule has 0 unspecified atom stereocenters. The Balaban J connectivity index is 2.10. The van der Waals surface area contributed by atoms with Crippen LogP contribution in [0.5, 0.6) is 0 Å². The number of hydrogen-bond donors (Lipinski definition) is 1. The van der Waals surface area contributed by atoms with Gasteiger partial charge in [0.15, 0.2) is 5.69 Å². The van der Waals surface area contributed by atoms with Crippen LogP contribution in [0.25, 0.3) is 0 Å². The second kappa shape index (κ2) is 9.28. The fraction of sp³-hybridized carbons (Fsp3) is 0.389. The lowest BCUT2D eigenvalue weighted by Crippen LogP contribution is -2.35. The van der Waals surface area contributed by atoms with Crippen molar-refractivity contribution in [1.82, 2.24) is 9.88 Å². The van der Waals surface area contributed by atoms with Gasteiger partial charge in [0.05, 0.1) is 13.7 Å². The number of amides is 2. The molecule has 1 aromatic heterocycles. The molecule has 0 saturated carbocycles. The van der Waals surface area contributed by atoms with Gasteiger partial charge in [-0.05, 0) is 30.5 Å². The summed E-state index contributed by atoms with van der Waals surface area (Å²) in [6.07, 6.45) is 0.811. The molecular weight excluding hydrogens is 357 g/mol. The van der Waals surface area contributed by atoms with Crippen molar-refractivity contribution in [2.45, 2.75) is 26.8 Å². The fourth-order valence-electron chi connectivity index (χ4n) is 2.18. The van der Waals surface area contributed by atoms with Crippen molar-refractivity contribution in [3.8, 4) is 0 Å². The molecule has 8 heteroatoms. The molecule has 2 rings (SSSR count). The standard InChI is InChI=1S/C18H22FN3O3S/c1-12(2)7-8-22(10-16-21-15(11-26-16)17(23)25-3)18(24)20-14-6-4-5-13(19)9-14/h4-6,9,11-12H,7-8,10H2,1-3H3,(H,20,24). The molecule has 6 nitrogen and oxygen atoms in total. The Morgan fingerprint density at radius 3 is 2.81 bits per heavy atom. The van der Waals surface area contributed by atoms with E-state index in [1.165, 1.54) is 36.6 Å². The van der Waals surface area contributed by atoms with Crippen molar-refractivity contribution in [1.29, 1.82) is 0 Å². The lowest BCUT2D eigenvalue weighted by molar-refractivity contribution is 0.0594. The fourth-order valence-corrected chi connectivity index (χ4v) is 2.96. The van der Waals surface area contributed by atoms with Crippen LogP contribution in [0.4, 0.5) is 14.9 Å². The summed E-state index contributed by atoms with van der Waals surface area (Å²) in [4.78, 5) is 30.0. The molecule has 0 saturated heterocycles. The number of urea groups is 1. The first kappa shape index (κ1) is 19.8. The molecule has 0 fully saturated rings. The molecule has 0 bridgehead atoms. The van der Waals surface area contributed by atoms with E-state index in [4.69, 9.17) is 0 Å². The topological polar surface area (TPSA) is 71.5 Å². The van der Waals surface area contributed by atoms with Crippen molar-refractivity contribution in [3.05, 3.63) is 46.2 Å². The van der Waals surface area contributed by atoms with Crippen molar-refractivity contribution < 1.29 is 18.7 Å². The summed E-state index contributed by atoms with van der Waals surface area (Å²) >= 11 is 1.29. The minimum atomic E-state index is -0.509. The van der Waals surface area contributed by atoms with Gasteiger partial charge in [0.1, 0.15) is 10.8 Å². The van der Waals surface area contributed by atoms with Crippen molar-refractivity contribution in [3.63, 3.8) is 0 Å². The number of rotatable bonds is 7. The van der Waals surface area contributed by atoms with Crippen LogP contribution in [-0.2, 0) is 11.3 Å². The van der Waals surface area contributed by atoms with Gasteiger partial charge in [-0.2, -0.15) is 0 Å². The van der Waals surface area contributed by atoms with Crippen LogP contribution in [0, 0.1) is 11.7 Å². The van der Waals surface area contributed by atoms with E-state index in [9.17, 15) is 14.0 Å². The van der Waals surface area contributed by atoms with Crippen molar-refractivity contribution >= 4 is 29.0 Å². The van der Waals surface area contributed by atoms with E-state index in [-0.39, 0.29) is 18.3 Å². The molecule has 0 aliphatic carbocycles. The predicted molar refractivity (Wildman–Crippen MR) is 98.7 cm³/mol. The molecule has 0 radical (unpaired) electrons. The number of anilines is 1. The highest BCUT2D eigenvalue weighted by Crippen LogP contribution is 2.16. The Morgan fingerprint density at radius 1 is 1.38 bits per heavy atom. The van der Waals surface area contributed by atoms with E-state index in [2.05, 4.69) is 28.9 Å². The van der Waals surface area contributed by atoms with Gasteiger partial charge in [-0.15, -0.1) is 11.3 Å². The molecule has 140 valence electrons. The molecule has 0 spiro atoms. The van der Waals surface area contributed by atoms with Gasteiger partial charge in [0.2, 0.25) is 0 Å². The van der Waals surface area contributed by atoms with Gasteiger partial charge in [-0.1, -0.05) is 19.9 Å². The Hall–Kier alpha value is -2.48. The quantitative estimate of drug-likeness (QED) is 0.734. The predicted octanol–water partition coefficient (Wildman–Crippen LogP) is 4.15. The average molecular weight is 379 g/mol. The zero-order valence-electron chi connectivity index (χ0n) is 15.0. The highest BCUT2D eigenvalue weighted by Gasteiger charge is 2.18. The third-order valence-corrected chi connectivity index (χ3v) is 4.45. The molecule has 1 N–H and O–H groups in total. The molecule has 0 aliphatic heterocycles. The zero-order chi connectivity index (χ0) is 19.1. The van der Waals surface area contributed by atoms with E-state index >= 15 is 0 Å². The largest absolute Gasteiger partial charge is 0.464 e. The first-order valence-electron chi connectivity index (χ1n) is 8.23. The Morgan fingerprint density at radius 2 is 2.15 bits per heavy atom. The van der Waals surface area contributed by atoms with Gasteiger partial charge in [0.25, 0.3) is 0 Å². The van der Waals surface area contributed by atoms with Gasteiger partial charge in [-0.3, -0.25) is 0 Å². The van der Waals surface area contributed by atoms with Crippen LogP contribution in [0.3, 0.4) is 0 Å². The Bertz CT molecular complexity index is 764. The number of methoxy groups -OCH3 is 1. The highest BCUT2D eigenvalue weighted by atomic mass is 32.1. The summed E-state index contributed by atoms with van der Waals surface area (Å²) in [5.74, 6) is -0.508.